The van der Waals surface area contributed by atoms with E-state index < -0.39 is 15.3 Å². The number of halogens is 1. The van der Waals surface area contributed by atoms with Crippen molar-refractivity contribution in [1.82, 2.24) is 5.32 Å². The predicted molar refractivity (Wildman–Crippen MR) is 88.8 cm³/mol. The van der Waals surface area contributed by atoms with Gasteiger partial charge in [-0.15, -0.1) is 0 Å². The van der Waals surface area contributed by atoms with Crippen molar-refractivity contribution in [3.05, 3.63) is 27.7 Å². The van der Waals surface area contributed by atoms with Crippen molar-refractivity contribution < 1.29 is 8.42 Å². The van der Waals surface area contributed by atoms with Gasteiger partial charge in [-0.25, -0.2) is 8.42 Å². The van der Waals surface area contributed by atoms with Crippen molar-refractivity contribution in [3.8, 4) is 0 Å². The molecule has 114 valence electrons. The van der Waals surface area contributed by atoms with Gasteiger partial charge in [0.1, 0.15) is 0 Å². The molecule has 1 atom stereocenters. The van der Waals surface area contributed by atoms with Crippen LogP contribution in [0.15, 0.2) is 16.6 Å². The molecule has 0 heterocycles. The van der Waals surface area contributed by atoms with Crippen LogP contribution in [0.5, 0.6) is 0 Å². The quantitative estimate of drug-likeness (QED) is 0.816. The topological polar surface area (TPSA) is 58.2 Å². The normalized spacial score (nSPS) is 13.6. The van der Waals surface area contributed by atoms with Crippen molar-refractivity contribution in [2.24, 2.45) is 0 Å². The number of hydrogen-bond acceptors (Lipinski definition) is 3. The minimum atomic E-state index is -3.41. The molecule has 2 N–H and O–H groups in total. The van der Waals surface area contributed by atoms with E-state index >= 15 is 0 Å². The highest BCUT2D eigenvalue weighted by Gasteiger charge is 2.22. The number of aryl methyl sites for hydroxylation is 2. The lowest BCUT2D eigenvalue weighted by Gasteiger charge is -2.19. The molecule has 0 aliphatic heterocycles. The van der Waals surface area contributed by atoms with E-state index in [9.17, 15) is 8.42 Å². The van der Waals surface area contributed by atoms with Gasteiger partial charge in [-0.2, -0.15) is 0 Å². The SMILES string of the molecule is Cc1cc(C)c(NS(=O)(=O)C(C)CNC(C)C)c(Br)c1. The highest BCUT2D eigenvalue weighted by molar-refractivity contribution is 9.10. The summed E-state index contributed by atoms with van der Waals surface area (Å²) in [5, 5.41) is 2.64. The molecule has 6 heteroatoms. The van der Waals surface area contributed by atoms with E-state index in [4.69, 9.17) is 0 Å². The van der Waals surface area contributed by atoms with Gasteiger partial charge in [0.05, 0.1) is 10.9 Å². The zero-order valence-corrected chi connectivity index (χ0v) is 15.0. The van der Waals surface area contributed by atoms with E-state index in [-0.39, 0.29) is 6.04 Å². The highest BCUT2D eigenvalue weighted by atomic mass is 79.9. The van der Waals surface area contributed by atoms with Crippen molar-refractivity contribution >= 4 is 31.6 Å². The molecule has 1 rings (SSSR count). The van der Waals surface area contributed by atoms with Crippen LogP contribution in [0.2, 0.25) is 0 Å². The number of hydrogen-bond donors (Lipinski definition) is 2. The first kappa shape index (κ1) is 17.5. The molecular formula is C14H23BrN2O2S. The zero-order chi connectivity index (χ0) is 15.5. The fourth-order valence-electron chi connectivity index (χ4n) is 1.80. The van der Waals surface area contributed by atoms with Crippen LogP contribution in [0.1, 0.15) is 31.9 Å². The highest BCUT2D eigenvalue weighted by Crippen LogP contribution is 2.29. The van der Waals surface area contributed by atoms with E-state index in [1.54, 1.807) is 6.92 Å². The van der Waals surface area contributed by atoms with Gasteiger partial charge in [0.15, 0.2) is 0 Å². The van der Waals surface area contributed by atoms with Crippen LogP contribution in [0.25, 0.3) is 0 Å². The number of nitrogens with one attached hydrogen (secondary N) is 2. The molecule has 0 bridgehead atoms. The summed E-state index contributed by atoms with van der Waals surface area (Å²) in [5.41, 5.74) is 2.61. The van der Waals surface area contributed by atoms with Gasteiger partial charge in [0.25, 0.3) is 0 Å². The van der Waals surface area contributed by atoms with Gasteiger partial charge in [-0.1, -0.05) is 19.9 Å². The average molecular weight is 363 g/mol. The van der Waals surface area contributed by atoms with Crippen LogP contribution in [0.4, 0.5) is 5.69 Å². The second kappa shape index (κ2) is 6.91. The fourth-order valence-corrected chi connectivity index (χ4v) is 3.78. The van der Waals surface area contributed by atoms with Crippen molar-refractivity contribution in [2.75, 3.05) is 11.3 Å². The molecule has 20 heavy (non-hydrogen) atoms. The van der Waals surface area contributed by atoms with Gasteiger partial charge >= 0.3 is 0 Å². The van der Waals surface area contributed by atoms with Gasteiger partial charge in [-0.05, 0) is 53.9 Å². The lowest BCUT2D eigenvalue weighted by Crippen LogP contribution is -2.37. The maximum absolute atomic E-state index is 12.3. The Bertz CT molecular complexity index is 548. The monoisotopic (exact) mass is 362 g/mol. The summed E-state index contributed by atoms with van der Waals surface area (Å²) in [7, 11) is -3.41. The van der Waals surface area contributed by atoms with Crippen molar-refractivity contribution in [1.29, 1.82) is 0 Å². The molecule has 1 aromatic carbocycles. The second-order valence-electron chi connectivity index (χ2n) is 5.46. The van der Waals surface area contributed by atoms with Gasteiger partial charge in [0, 0.05) is 17.1 Å². The van der Waals surface area contributed by atoms with Gasteiger partial charge < -0.3 is 5.32 Å². The van der Waals surface area contributed by atoms with E-state index in [1.807, 2.05) is 39.8 Å². The molecule has 1 aromatic rings. The lowest BCUT2D eigenvalue weighted by atomic mass is 10.1. The Kier molecular flexibility index (Phi) is 6.04. The Morgan fingerprint density at radius 3 is 2.30 bits per heavy atom. The summed E-state index contributed by atoms with van der Waals surface area (Å²) in [6.07, 6.45) is 0. The summed E-state index contributed by atoms with van der Waals surface area (Å²) in [6, 6.07) is 4.13. The minimum absolute atomic E-state index is 0.264. The molecule has 0 saturated heterocycles. The molecule has 0 radical (unpaired) electrons. The van der Waals surface area contributed by atoms with Crippen LogP contribution < -0.4 is 10.0 Å². The lowest BCUT2D eigenvalue weighted by molar-refractivity contribution is 0.553. The first-order chi connectivity index (χ1) is 9.13. The molecule has 0 aliphatic carbocycles. The standard InChI is InChI=1S/C14H23BrN2O2S/c1-9(2)16-8-12(5)20(18,19)17-14-11(4)6-10(3)7-13(14)15/h6-7,9,12,16-17H,8H2,1-5H3. The zero-order valence-electron chi connectivity index (χ0n) is 12.6. The van der Waals surface area contributed by atoms with Crippen LogP contribution in [0.3, 0.4) is 0 Å². The Hall–Kier alpha value is -0.590. The molecule has 0 aromatic heterocycles. The smallest absolute Gasteiger partial charge is 0.236 e. The Balaban J connectivity index is 2.91. The third kappa shape index (κ3) is 4.75. The van der Waals surface area contributed by atoms with Gasteiger partial charge in [0.2, 0.25) is 10.0 Å². The molecule has 4 nitrogen and oxygen atoms in total. The van der Waals surface area contributed by atoms with Gasteiger partial charge in [-0.3, -0.25) is 4.72 Å². The predicted octanol–water partition coefficient (Wildman–Crippen LogP) is 3.19. The average Bonchev–Trinajstić information content (AvgIpc) is 2.30. The Labute approximate surface area is 130 Å². The summed E-state index contributed by atoms with van der Waals surface area (Å²) in [6.45, 7) is 9.99. The minimum Gasteiger partial charge on any atom is -0.313 e. The number of anilines is 1. The molecule has 1 unspecified atom stereocenters. The third-order valence-corrected chi connectivity index (χ3v) is 5.36. The van der Waals surface area contributed by atoms with E-state index in [0.29, 0.717) is 12.2 Å². The van der Waals surface area contributed by atoms with Crippen LogP contribution in [-0.2, 0) is 10.0 Å². The van der Waals surface area contributed by atoms with Crippen LogP contribution >= 0.6 is 15.9 Å². The summed E-state index contributed by atoms with van der Waals surface area (Å²) < 4.78 is 28.1. The van der Waals surface area contributed by atoms with E-state index in [1.165, 1.54) is 0 Å². The maximum Gasteiger partial charge on any atom is 0.236 e. The molecule has 0 spiro atoms. The second-order valence-corrected chi connectivity index (χ2v) is 8.41. The van der Waals surface area contributed by atoms with E-state index in [0.717, 1.165) is 15.6 Å². The Morgan fingerprint density at radius 1 is 1.20 bits per heavy atom. The summed E-state index contributed by atoms with van der Waals surface area (Å²) in [4.78, 5) is 0. The molecule has 0 amide bonds. The molecule has 0 fully saturated rings. The number of benzene rings is 1. The van der Waals surface area contributed by atoms with E-state index in [2.05, 4.69) is 26.0 Å². The summed E-state index contributed by atoms with van der Waals surface area (Å²) >= 11 is 3.42. The molecule has 0 saturated carbocycles. The van der Waals surface area contributed by atoms with Crippen LogP contribution in [0, 0.1) is 13.8 Å². The number of sulfonamides is 1. The summed E-state index contributed by atoms with van der Waals surface area (Å²) in [5.74, 6) is 0. The molecule has 0 aliphatic rings. The third-order valence-electron chi connectivity index (χ3n) is 3.02. The Morgan fingerprint density at radius 2 is 1.80 bits per heavy atom. The van der Waals surface area contributed by atoms with Crippen molar-refractivity contribution in [3.63, 3.8) is 0 Å². The largest absolute Gasteiger partial charge is 0.313 e. The first-order valence-corrected chi connectivity index (χ1v) is 8.99. The fraction of sp³-hybridized carbons (Fsp3) is 0.571. The number of rotatable bonds is 6. The maximum atomic E-state index is 12.3. The van der Waals surface area contributed by atoms with Crippen molar-refractivity contribution in [2.45, 2.75) is 45.9 Å². The first-order valence-electron chi connectivity index (χ1n) is 6.65. The molecular weight excluding hydrogens is 340 g/mol. The van der Waals surface area contributed by atoms with Crippen LogP contribution in [-0.4, -0.2) is 26.3 Å².